The van der Waals surface area contributed by atoms with Crippen LogP contribution >= 0.6 is 0 Å². The van der Waals surface area contributed by atoms with Crippen molar-refractivity contribution < 1.29 is 19.4 Å². The molecule has 0 aliphatic carbocycles. The van der Waals surface area contributed by atoms with E-state index in [9.17, 15) is 9.59 Å². The van der Waals surface area contributed by atoms with Crippen LogP contribution in [0.1, 0.15) is 57.8 Å². The highest BCUT2D eigenvalue weighted by Crippen LogP contribution is 2.19. The highest BCUT2D eigenvalue weighted by atomic mass is 16.5. The molecule has 1 saturated heterocycles. The maximum atomic E-state index is 10.8. The van der Waals surface area contributed by atoms with E-state index in [0.29, 0.717) is 6.42 Å². The molecule has 0 aromatic heterocycles. The number of unbranched alkanes of at least 4 members (excludes halogenated alkanes) is 4. The van der Waals surface area contributed by atoms with E-state index >= 15 is 0 Å². The molecule has 0 aromatic carbocycles. The number of hydrogen-bond acceptors (Lipinski definition) is 3. The number of carboxylic acids is 1. The number of carbonyl (C=O) groups is 2. The van der Waals surface area contributed by atoms with E-state index in [0.717, 1.165) is 44.9 Å². The monoisotopic (exact) mass is 228 g/mol. The number of ether oxygens (including phenoxy) is 1. The Morgan fingerprint density at radius 2 is 1.94 bits per heavy atom. The van der Waals surface area contributed by atoms with Crippen molar-refractivity contribution in [1.82, 2.24) is 0 Å². The third-order valence-electron chi connectivity index (χ3n) is 2.89. The van der Waals surface area contributed by atoms with Crippen LogP contribution in [0.3, 0.4) is 0 Å². The summed E-state index contributed by atoms with van der Waals surface area (Å²) in [4.78, 5) is 21.1. The van der Waals surface area contributed by atoms with Gasteiger partial charge in [-0.3, -0.25) is 9.59 Å². The molecule has 0 bridgehead atoms. The summed E-state index contributed by atoms with van der Waals surface area (Å²) in [6.07, 6.45) is 7.84. The first-order valence-corrected chi connectivity index (χ1v) is 6.10. The Labute approximate surface area is 96.0 Å². The summed E-state index contributed by atoms with van der Waals surface area (Å²) in [6, 6.07) is 0. The van der Waals surface area contributed by atoms with Gasteiger partial charge in [-0.25, -0.2) is 0 Å². The van der Waals surface area contributed by atoms with Crippen molar-refractivity contribution >= 4 is 11.9 Å². The summed E-state index contributed by atoms with van der Waals surface area (Å²) in [6.45, 7) is 0. The molecular weight excluding hydrogens is 208 g/mol. The first-order valence-electron chi connectivity index (χ1n) is 6.10. The lowest BCUT2D eigenvalue weighted by atomic mass is 10.1. The molecule has 0 radical (unpaired) electrons. The van der Waals surface area contributed by atoms with Gasteiger partial charge in [0.25, 0.3) is 0 Å². The molecule has 16 heavy (non-hydrogen) atoms. The normalized spacial score (nSPS) is 19.8. The van der Waals surface area contributed by atoms with Crippen LogP contribution in [-0.4, -0.2) is 23.1 Å². The van der Waals surface area contributed by atoms with Crippen molar-refractivity contribution in [1.29, 1.82) is 0 Å². The Morgan fingerprint density at radius 3 is 2.56 bits per heavy atom. The van der Waals surface area contributed by atoms with Gasteiger partial charge in [-0.15, -0.1) is 0 Å². The zero-order valence-electron chi connectivity index (χ0n) is 9.61. The Hall–Kier alpha value is -1.06. The van der Waals surface area contributed by atoms with Gasteiger partial charge < -0.3 is 9.84 Å². The highest BCUT2D eigenvalue weighted by Gasteiger charge is 2.22. The van der Waals surface area contributed by atoms with Crippen molar-refractivity contribution in [2.24, 2.45) is 0 Å². The molecule has 1 N–H and O–H groups in total. The van der Waals surface area contributed by atoms with Crippen molar-refractivity contribution in [3.63, 3.8) is 0 Å². The zero-order chi connectivity index (χ0) is 11.8. The van der Waals surface area contributed by atoms with Gasteiger partial charge in [0.05, 0.1) is 0 Å². The molecule has 1 heterocycles. The van der Waals surface area contributed by atoms with Crippen LogP contribution in [0, 0.1) is 0 Å². The molecule has 4 nitrogen and oxygen atoms in total. The molecule has 0 unspecified atom stereocenters. The summed E-state index contributed by atoms with van der Waals surface area (Å²) in [5, 5.41) is 8.44. The lowest BCUT2D eigenvalue weighted by molar-refractivity contribution is -0.141. The maximum absolute atomic E-state index is 10.8. The maximum Gasteiger partial charge on any atom is 0.306 e. The molecule has 0 amide bonds. The second-order valence-corrected chi connectivity index (χ2v) is 4.35. The molecule has 1 aliphatic heterocycles. The van der Waals surface area contributed by atoms with Gasteiger partial charge in [0, 0.05) is 12.8 Å². The molecule has 1 aliphatic rings. The predicted octanol–water partition coefficient (Wildman–Crippen LogP) is 2.51. The zero-order valence-corrected chi connectivity index (χ0v) is 9.61. The number of carbonyl (C=O) groups excluding carboxylic acids is 1. The molecule has 1 fully saturated rings. The highest BCUT2D eigenvalue weighted by molar-refractivity contribution is 5.71. The van der Waals surface area contributed by atoms with E-state index in [4.69, 9.17) is 9.84 Å². The Kier molecular flexibility index (Phi) is 5.90. The van der Waals surface area contributed by atoms with Crippen molar-refractivity contribution in [2.75, 3.05) is 0 Å². The Morgan fingerprint density at radius 1 is 1.25 bits per heavy atom. The minimum absolute atomic E-state index is 0.0635. The van der Waals surface area contributed by atoms with E-state index < -0.39 is 5.97 Å². The standard InChI is InChI=1S/C12H20O4/c13-11(14)7-5-3-1-2-4-6-10-8-9-12(15)16-10/h10H,1-9H2,(H,13,14)/t10-/m1/s1. The van der Waals surface area contributed by atoms with Gasteiger partial charge in [-0.2, -0.15) is 0 Å². The second-order valence-electron chi connectivity index (χ2n) is 4.35. The van der Waals surface area contributed by atoms with Crippen LogP contribution in [0.25, 0.3) is 0 Å². The van der Waals surface area contributed by atoms with Crippen LogP contribution in [0.15, 0.2) is 0 Å². The van der Waals surface area contributed by atoms with Gasteiger partial charge in [0.15, 0.2) is 0 Å². The van der Waals surface area contributed by atoms with E-state index in [1.165, 1.54) is 0 Å². The molecule has 92 valence electrons. The van der Waals surface area contributed by atoms with Gasteiger partial charge in [0.2, 0.25) is 0 Å². The first-order chi connectivity index (χ1) is 7.68. The van der Waals surface area contributed by atoms with E-state index in [2.05, 4.69) is 0 Å². The molecular formula is C12H20O4. The quantitative estimate of drug-likeness (QED) is 0.512. The van der Waals surface area contributed by atoms with Crippen LogP contribution < -0.4 is 0 Å². The average Bonchev–Trinajstić information content (AvgIpc) is 2.62. The number of aliphatic carboxylic acids is 1. The van der Waals surface area contributed by atoms with Crippen LogP contribution in [0.5, 0.6) is 0 Å². The third-order valence-corrected chi connectivity index (χ3v) is 2.89. The lowest BCUT2D eigenvalue weighted by Gasteiger charge is -2.07. The molecule has 1 rings (SSSR count). The smallest absolute Gasteiger partial charge is 0.306 e. The summed E-state index contributed by atoms with van der Waals surface area (Å²) in [5.74, 6) is -0.774. The van der Waals surface area contributed by atoms with Gasteiger partial charge >= 0.3 is 11.9 Å². The average molecular weight is 228 g/mol. The Bertz CT molecular complexity index is 237. The fourth-order valence-corrected chi connectivity index (χ4v) is 1.96. The van der Waals surface area contributed by atoms with Gasteiger partial charge in [-0.05, 0) is 25.7 Å². The molecule has 0 saturated carbocycles. The van der Waals surface area contributed by atoms with Crippen LogP contribution in [0.4, 0.5) is 0 Å². The number of esters is 1. The molecule has 1 atom stereocenters. The van der Waals surface area contributed by atoms with E-state index in [1.807, 2.05) is 0 Å². The van der Waals surface area contributed by atoms with E-state index in [1.54, 1.807) is 0 Å². The summed E-state index contributed by atoms with van der Waals surface area (Å²) in [7, 11) is 0. The van der Waals surface area contributed by atoms with Crippen molar-refractivity contribution in [2.45, 2.75) is 63.9 Å². The van der Waals surface area contributed by atoms with Crippen LogP contribution in [-0.2, 0) is 14.3 Å². The summed E-state index contributed by atoms with van der Waals surface area (Å²) in [5.41, 5.74) is 0. The third kappa shape index (κ3) is 5.73. The molecule has 4 heteroatoms. The number of hydrogen-bond donors (Lipinski definition) is 1. The fraction of sp³-hybridized carbons (Fsp3) is 0.833. The van der Waals surface area contributed by atoms with Gasteiger partial charge in [0.1, 0.15) is 6.10 Å². The molecule has 0 spiro atoms. The number of carboxylic acid groups (broad SMARTS) is 1. The molecule has 0 aromatic rings. The summed E-state index contributed by atoms with van der Waals surface area (Å²) >= 11 is 0. The van der Waals surface area contributed by atoms with Crippen LogP contribution in [0.2, 0.25) is 0 Å². The Balaban J connectivity index is 1.85. The second kappa shape index (κ2) is 7.25. The van der Waals surface area contributed by atoms with Crippen molar-refractivity contribution in [3.8, 4) is 0 Å². The number of cyclic esters (lactones) is 1. The number of rotatable bonds is 8. The lowest BCUT2D eigenvalue weighted by Crippen LogP contribution is -2.06. The largest absolute Gasteiger partial charge is 0.481 e. The first kappa shape index (κ1) is 13.0. The summed E-state index contributed by atoms with van der Waals surface area (Å²) < 4.78 is 5.10. The topological polar surface area (TPSA) is 63.6 Å². The van der Waals surface area contributed by atoms with Crippen molar-refractivity contribution in [3.05, 3.63) is 0 Å². The van der Waals surface area contributed by atoms with Gasteiger partial charge in [-0.1, -0.05) is 19.3 Å². The minimum Gasteiger partial charge on any atom is -0.481 e. The SMILES string of the molecule is O=C(O)CCCCCCC[C@@H]1CCC(=O)O1. The fourth-order valence-electron chi connectivity index (χ4n) is 1.96. The predicted molar refractivity (Wildman–Crippen MR) is 59.1 cm³/mol. The van der Waals surface area contributed by atoms with E-state index in [-0.39, 0.29) is 18.5 Å². The minimum atomic E-state index is -0.710.